The second kappa shape index (κ2) is 6.82. The highest BCUT2D eigenvalue weighted by Crippen LogP contribution is 2.19. The molecule has 0 bridgehead atoms. The van der Waals surface area contributed by atoms with Crippen molar-refractivity contribution in [2.24, 2.45) is 0 Å². The molecule has 2 aromatic rings. The number of nitrogens with zero attached hydrogens (tertiary/aromatic N) is 3. The first kappa shape index (κ1) is 16.8. The lowest BCUT2D eigenvalue weighted by Crippen LogP contribution is -2.49. The molecule has 128 valence electrons. The number of para-hydroxylation sites is 2. The number of carbonyl (C=O) groups excluding carboxylic acids is 1. The molecule has 8 heteroatoms. The van der Waals surface area contributed by atoms with E-state index in [0.717, 1.165) is 31.0 Å². The summed E-state index contributed by atoms with van der Waals surface area (Å²) in [6, 6.07) is 7.23. The molecule has 2 heterocycles. The normalized spacial score (nSPS) is 18.7. The Bertz CT molecular complexity index is 853. The summed E-state index contributed by atoms with van der Waals surface area (Å²) in [5.74, 6) is -0.201. The molecule has 0 spiro atoms. The van der Waals surface area contributed by atoms with Gasteiger partial charge in [-0.3, -0.25) is 9.78 Å². The van der Waals surface area contributed by atoms with Crippen LogP contribution >= 0.6 is 0 Å². The standard InChI is InChI=1S/C16H20N4O3S/c1-24(22,23)18-10-12-6-4-5-9-20(12)16(21)15-11-17-13-7-2-3-8-14(13)19-15/h2-3,7-8,11-12,18H,4-6,9-10H2,1H3/t12-/m1/s1. The van der Waals surface area contributed by atoms with Gasteiger partial charge in [-0.05, 0) is 31.4 Å². The summed E-state index contributed by atoms with van der Waals surface area (Å²) in [6.07, 6.45) is 5.26. The van der Waals surface area contributed by atoms with Gasteiger partial charge in [-0.25, -0.2) is 18.1 Å². The van der Waals surface area contributed by atoms with Gasteiger partial charge in [0.1, 0.15) is 5.69 Å². The number of amides is 1. The Labute approximate surface area is 141 Å². The maximum atomic E-state index is 12.8. The van der Waals surface area contributed by atoms with E-state index in [0.29, 0.717) is 17.8 Å². The van der Waals surface area contributed by atoms with Crippen LogP contribution in [0.5, 0.6) is 0 Å². The zero-order valence-electron chi connectivity index (χ0n) is 13.5. The van der Waals surface area contributed by atoms with E-state index in [1.807, 2.05) is 24.3 Å². The van der Waals surface area contributed by atoms with Gasteiger partial charge in [0.25, 0.3) is 5.91 Å². The lowest BCUT2D eigenvalue weighted by molar-refractivity contribution is 0.0612. The van der Waals surface area contributed by atoms with Crippen LogP contribution in [0.4, 0.5) is 0 Å². The van der Waals surface area contributed by atoms with Gasteiger partial charge >= 0.3 is 0 Å². The third-order valence-electron chi connectivity index (χ3n) is 4.14. The summed E-state index contributed by atoms with van der Waals surface area (Å²) >= 11 is 0. The minimum absolute atomic E-state index is 0.158. The molecule has 0 saturated carbocycles. The van der Waals surface area contributed by atoms with Gasteiger partial charge in [-0.1, -0.05) is 12.1 Å². The number of likely N-dealkylation sites (tertiary alicyclic amines) is 1. The van der Waals surface area contributed by atoms with E-state index in [1.165, 1.54) is 6.20 Å². The predicted molar refractivity (Wildman–Crippen MR) is 91.1 cm³/mol. The van der Waals surface area contributed by atoms with E-state index in [4.69, 9.17) is 0 Å². The van der Waals surface area contributed by atoms with Crippen molar-refractivity contribution in [3.63, 3.8) is 0 Å². The number of carbonyl (C=O) groups is 1. The van der Waals surface area contributed by atoms with Crippen LogP contribution in [0.1, 0.15) is 29.8 Å². The smallest absolute Gasteiger partial charge is 0.274 e. The number of piperidine rings is 1. The lowest BCUT2D eigenvalue weighted by atomic mass is 10.0. The Kier molecular flexibility index (Phi) is 4.77. The van der Waals surface area contributed by atoms with Crippen LogP contribution in [-0.4, -0.2) is 54.6 Å². The third kappa shape index (κ3) is 3.88. The fraction of sp³-hybridized carbons (Fsp3) is 0.438. The molecule has 1 aliphatic rings. The highest BCUT2D eigenvalue weighted by atomic mass is 32.2. The number of aromatic nitrogens is 2. The zero-order chi connectivity index (χ0) is 17.2. The van der Waals surface area contributed by atoms with Crippen LogP contribution in [0.2, 0.25) is 0 Å². The first-order chi connectivity index (χ1) is 11.4. The highest BCUT2D eigenvalue weighted by Gasteiger charge is 2.29. The Morgan fingerprint density at radius 3 is 2.79 bits per heavy atom. The zero-order valence-corrected chi connectivity index (χ0v) is 14.3. The molecule has 24 heavy (non-hydrogen) atoms. The molecule has 1 atom stereocenters. The Hall–Kier alpha value is -2.06. The van der Waals surface area contributed by atoms with Gasteiger partial charge in [-0.15, -0.1) is 0 Å². The third-order valence-corrected chi connectivity index (χ3v) is 4.83. The number of rotatable bonds is 4. The minimum Gasteiger partial charge on any atom is -0.333 e. The fourth-order valence-corrected chi connectivity index (χ4v) is 3.43. The fourth-order valence-electron chi connectivity index (χ4n) is 2.94. The molecule has 1 amide bonds. The van der Waals surface area contributed by atoms with Gasteiger partial charge in [0.2, 0.25) is 10.0 Å². The van der Waals surface area contributed by atoms with E-state index in [-0.39, 0.29) is 18.5 Å². The molecular formula is C16H20N4O3S. The second-order valence-electron chi connectivity index (χ2n) is 6.01. The van der Waals surface area contributed by atoms with Crippen molar-refractivity contribution in [2.75, 3.05) is 19.3 Å². The van der Waals surface area contributed by atoms with E-state index in [1.54, 1.807) is 4.90 Å². The molecule has 0 unspecified atom stereocenters. The molecule has 1 aromatic carbocycles. The van der Waals surface area contributed by atoms with Crippen LogP contribution in [-0.2, 0) is 10.0 Å². The van der Waals surface area contributed by atoms with Crippen LogP contribution < -0.4 is 4.72 Å². The Morgan fingerprint density at radius 2 is 2.04 bits per heavy atom. The number of hydrogen-bond donors (Lipinski definition) is 1. The summed E-state index contributed by atoms with van der Waals surface area (Å²) in [5, 5.41) is 0. The van der Waals surface area contributed by atoms with Gasteiger partial charge in [0.15, 0.2) is 0 Å². The van der Waals surface area contributed by atoms with E-state index in [2.05, 4.69) is 14.7 Å². The number of hydrogen-bond acceptors (Lipinski definition) is 5. The van der Waals surface area contributed by atoms with Crippen LogP contribution in [0.25, 0.3) is 11.0 Å². The van der Waals surface area contributed by atoms with Gasteiger partial charge < -0.3 is 4.90 Å². The molecule has 1 N–H and O–H groups in total. The first-order valence-electron chi connectivity index (χ1n) is 7.91. The molecule has 3 rings (SSSR count). The van der Waals surface area contributed by atoms with Crippen molar-refractivity contribution in [3.8, 4) is 0 Å². The first-order valence-corrected chi connectivity index (χ1v) is 9.80. The number of sulfonamides is 1. The molecule has 1 aromatic heterocycles. The summed E-state index contributed by atoms with van der Waals surface area (Å²) in [6.45, 7) is 0.828. The SMILES string of the molecule is CS(=O)(=O)NC[C@H]1CCCCN1C(=O)c1cnc2ccccc2n1. The Morgan fingerprint density at radius 1 is 1.29 bits per heavy atom. The quantitative estimate of drug-likeness (QED) is 0.895. The molecule has 0 aliphatic carbocycles. The van der Waals surface area contributed by atoms with Crippen molar-refractivity contribution in [2.45, 2.75) is 25.3 Å². The van der Waals surface area contributed by atoms with Crippen molar-refractivity contribution in [1.29, 1.82) is 0 Å². The van der Waals surface area contributed by atoms with Crippen LogP contribution in [0, 0.1) is 0 Å². The molecule has 1 fully saturated rings. The monoisotopic (exact) mass is 348 g/mol. The second-order valence-corrected chi connectivity index (χ2v) is 7.85. The minimum atomic E-state index is -3.28. The van der Waals surface area contributed by atoms with Crippen molar-refractivity contribution in [3.05, 3.63) is 36.2 Å². The number of fused-ring (bicyclic) bond motifs is 1. The number of nitrogens with one attached hydrogen (secondary N) is 1. The Balaban J connectivity index is 1.82. The molecule has 1 aliphatic heterocycles. The van der Waals surface area contributed by atoms with Crippen molar-refractivity contribution >= 4 is 27.0 Å². The average Bonchev–Trinajstić information content (AvgIpc) is 2.58. The summed E-state index contributed by atoms with van der Waals surface area (Å²) in [4.78, 5) is 23.2. The molecular weight excluding hydrogens is 328 g/mol. The summed E-state index contributed by atoms with van der Waals surface area (Å²) in [5.41, 5.74) is 1.70. The van der Waals surface area contributed by atoms with E-state index >= 15 is 0 Å². The van der Waals surface area contributed by atoms with Crippen molar-refractivity contribution in [1.82, 2.24) is 19.6 Å². The van der Waals surface area contributed by atoms with E-state index < -0.39 is 10.0 Å². The maximum Gasteiger partial charge on any atom is 0.274 e. The highest BCUT2D eigenvalue weighted by molar-refractivity contribution is 7.88. The topological polar surface area (TPSA) is 92.3 Å². The number of benzene rings is 1. The van der Waals surface area contributed by atoms with Crippen LogP contribution in [0.3, 0.4) is 0 Å². The van der Waals surface area contributed by atoms with E-state index in [9.17, 15) is 13.2 Å². The van der Waals surface area contributed by atoms with Crippen molar-refractivity contribution < 1.29 is 13.2 Å². The maximum absolute atomic E-state index is 12.8. The summed E-state index contributed by atoms with van der Waals surface area (Å²) < 4.78 is 25.2. The van der Waals surface area contributed by atoms with Gasteiger partial charge in [0, 0.05) is 19.1 Å². The molecule has 1 saturated heterocycles. The van der Waals surface area contributed by atoms with Gasteiger partial charge in [-0.2, -0.15) is 0 Å². The van der Waals surface area contributed by atoms with Gasteiger partial charge in [0.05, 0.1) is 23.5 Å². The lowest BCUT2D eigenvalue weighted by Gasteiger charge is -2.35. The average molecular weight is 348 g/mol. The largest absolute Gasteiger partial charge is 0.333 e. The summed E-state index contributed by atoms with van der Waals surface area (Å²) in [7, 11) is -3.28. The van der Waals surface area contributed by atoms with Crippen LogP contribution in [0.15, 0.2) is 30.5 Å². The predicted octanol–water partition coefficient (Wildman–Crippen LogP) is 1.17. The molecule has 7 nitrogen and oxygen atoms in total. The molecule has 0 radical (unpaired) electrons.